The van der Waals surface area contributed by atoms with E-state index >= 15 is 0 Å². The maximum atomic E-state index is 11.8. The van der Waals surface area contributed by atoms with Crippen LogP contribution in [0.1, 0.15) is 25.7 Å². The lowest BCUT2D eigenvalue weighted by Gasteiger charge is -2.14. The molecule has 2 atom stereocenters. The molecule has 90 valence electrons. The van der Waals surface area contributed by atoms with Crippen molar-refractivity contribution < 1.29 is 28.2 Å². The van der Waals surface area contributed by atoms with Gasteiger partial charge in [0.25, 0.3) is 0 Å². The van der Waals surface area contributed by atoms with Gasteiger partial charge in [-0.3, -0.25) is 4.79 Å². The summed E-state index contributed by atoms with van der Waals surface area (Å²) in [4.78, 5) is 10.2. The quantitative estimate of drug-likeness (QED) is 0.590. The molecule has 0 aromatic heterocycles. The Kier molecular flexibility index (Phi) is 5.59. The topological polar surface area (TPSA) is 83.5 Å². The summed E-state index contributed by atoms with van der Waals surface area (Å²) in [6, 6.07) is -1.05. The number of aliphatic hydroxyl groups is 1. The van der Waals surface area contributed by atoms with E-state index in [0.717, 1.165) is 0 Å². The molecular formula is C8H14F3NO3. The summed E-state index contributed by atoms with van der Waals surface area (Å²) in [7, 11) is 0. The number of hydrogen-bond acceptors (Lipinski definition) is 3. The summed E-state index contributed by atoms with van der Waals surface area (Å²) >= 11 is 0. The van der Waals surface area contributed by atoms with Crippen LogP contribution < -0.4 is 5.73 Å². The van der Waals surface area contributed by atoms with E-state index in [-0.39, 0.29) is 19.3 Å². The number of carbonyl (C=O) groups is 1. The van der Waals surface area contributed by atoms with Crippen molar-refractivity contribution in [2.45, 2.75) is 44.0 Å². The zero-order chi connectivity index (χ0) is 12.1. The number of hydrogen-bond donors (Lipinski definition) is 3. The molecule has 4 nitrogen and oxygen atoms in total. The molecular weight excluding hydrogens is 215 g/mol. The Labute approximate surface area is 84.9 Å². The smallest absolute Gasteiger partial charge is 0.414 e. The first-order valence-corrected chi connectivity index (χ1v) is 4.48. The fraction of sp³-hybridized carbons (Fsp3) is 0.875. The van der Waals surface area contributed by atoms with Gasteiger partial charge in [0.1, 0.15) is 12.1 Å². The van der Waals surface area contributed by atoms with Crippen LogP contribution in [0.25, 0.3) is 0 Å². The van der Waals surface area contributed by atoms with Crippen molar-refractivity contribution in [2.24, 2.45) is 5.73 Å². The highest BCUT2D eigenvalue weighted by molar-refractivity contribution is 5.72. The Morgan fingerprint density at radius 2 is 1.73 bits per heavy atom. The minimum absolute atomic E-state index is 0.0989. The zero-order valence-electron chi connectivity index (χ0n) is 8.00. The van der Waals surface area contributed by atoms with E-state index in [4.69, 9.17) is 15.9 Å². The van der Waals surface area contributed by atoms with Crippen LogP contribution in [-0.4, -0.2) is 34.5 Å². The second-order valence-corrected chi connectivity index (χ2v) is 3.29. The summed E-state index contributed by atoms with van der Waals surface area (Å²) in [5, 5.41) is 17.0. The van der Waals surface area contributed by atoms with Crippen LogP contribution in [0.2, 0.25) is 0 Å². The van der Waals surface area contributed by atoms with Crippen LogP contribution in [0.5, 0.6) is 0 Å². The minimum atomic E-state index is -4.60. The van der Waals surface area contributed by atoms with Crippen molar-refractivity contribution >= 4 is 5.97 Å². The molecule has 7 heteroatoms. The predicted molar refractivity (Wildman–Crippen MR) is 46.1 cm³/mol. The Morgan fingerprint density at radius 3 is 2.13 bits per heavy atom. The van der Waals surface area contributed by atoms with Crippen LogP contribution in [-0.2, 0) is 4.79 Å². The van der Waals surface area contributed by atoms with Gasteiger partial charge in [-0.15, -0.1) is 0 Å². The average Bonchev–Trinajstić information content (AvgIpc) is 2.09. The van der Waals surface area contributed by atoms with E-state index in [1.54, 1.807) is 0 Å². The molecule has 0 rings (SSSR count). The first-order chi connectivity index (χ1) is 6.75. The standard InChI is InChI=1S/C8H14F3NO3/c9-8(10,11)6(13)4-2-1-3-5(12)7(14)15/h5-6,13H,1-4,12H2,(H,14,15)/t5-,6?/m0/s1. The predicted octanol–water partition coefficient (Wildman–Crippen LogP) is 0.882. The van der Waals surface area contributed by atoms with Crippen LogP contribution in [0, 0.1) is 0 Å². The summed E-state index contributed by atoms with van der Waals surface area (Å²) < 4.78 is 35.4. The summed E-state index contributed by atoms with van der Waals surface area (Å²) in [6.07, 6.45) is -6.90. The summed E-state index contributed by atoms with van der Waals surface area (Å²) in [5.74, 6) is -1.17. The van der Waals surface area contributed by atoms with Gasteiger partial charge < -0.3 is 15.9 Å². The molecule has 0 saturated carbocycles. The van der Waals surface area contributed by atoms with Crippen LogP contribution in [0.4, 0.5) is 13.2 Å². The molecule has 0 fully saturated rings. The lowest BCUT2D eigenvalue weighted by molar-refractivity contribution is -0.205. The SMILES string of the molecule is N[C@@H](CCCCC(O)C(F)(F)F)C(=O)O. The molecule has 0 aliphatic rings. The molecule has 0 aromatic rings. The van der Waals surface area contributed by atoms with E-state index in [9.17, 15) is 18.0 Å². The number of aliphatic carboxylic acids is 1. The maximum absolute atomic E-state index is 11.8. The lowest BCUT2D eigenvalue weighted by atomic mass is 10.1. The molecule has 0 bridgehead atoms. The average molecular weight is 229 g/mol. The number of rotatable bonds is 6. The van der Waals surface area contributed by atoms with Crippen molar-refractivity contribution in [3.05, 3.63) is 0 Å². The molecule has 0 spiro atoms. The zero-order valence-corrected chi connectivity index (χ0v) is 8.00. The normalized spacial score (nSPS) is 16.1. The minimum Gasteiger partial charge on any atom is -0.480 e. The number of halogens is 3. The molecule has 4 N–H and O–H groups in total. The second-order valence-electron chi connectivity index (χ2n) is 3.29. The number of nitrogens with two attached hydrogens (primary N) is 1. The number of alkyl halides is 3. The Hall–Kier alpha value is -0.820. The van der Waals surface area contributed by atoms with Gasteiger partial charge >= 0.3 is 12.1 Å². The van der Waals surface area contributed by atoms with E-state index in [1.165, 1.54) is 0 Å². The number of aliphatic hydroxyl groups excluding tert-OH is 1. The van der Waals surface area contributed by atoms with Gasteiger partial charge in [-0.2, -0.15) is 13.2 Å². The summed E-state index contributed by atoms with van der Waals surface area (Å²) in [6.45, 7) is 0. The van der Waals surface area contributed by atoms with Crippen LogP contribution >= 0.6 is 0 Å². The summed E-state index contributed by atoms with van der Waals surface area (Å²) in [5.41, 5.74) is 5.13. The fourth-order valence-electron chi connectivity index (χ4n) is 0.989. The van der Waals surface area contributed by atoms with Gasteiger partial charge in [-0.1, -0.05) is 12.8 Å². The highest BCUT2D eigenvalue weighted by Crippen LogP contribution is 2.23. The molecule has 0 amide bonds. The van der Waals surface area contributed by atoms with E-state index in [2.05, 4.69) is 0 Å². The van der Waals surface area contributed by atoms with Gasteiger partial charge in [-0.05, 0) is 12.8 Å². The Bertz CT molecular complexity index is 208. The molecule has 15 heavy (non-hydrogen) atoms. The first-order valence-electron chi connectivity index (χ1n) is 4.48. The fourth-order valence-corrected chi connectivity index (χ4v) is 0.989. The lowest BCUT2D eigenvalue weighted by Crippen LogP contribution is -2.30. The molecule has 0 aliphatic heterocycles. The third-order valence-corrected chi connectivity index (χ3v) is 1.94. The maximum Gasteiger partial charge on any atom is 0.414 e. The van der Waals surface area contributed by atoms with E-state index in [1.807, 2.05) is 0 Å². The molecule has 1 unspecified atom stereocenters. The first kappa shape index (κ1) is 14.2. The van der Waals surface area contributed by atoms with Crippen LogP contribution in [0.3, 0.4) is 0 Å². The van der Waals surface area contributed by atoms with Gasteiger partial charge in [0, 0.05) is 0 Å². The number of carboxylic acid groups (broad SMARTS) is 1. The highest BCUT2D eigenvalue weighted by atomic mass is 19.4. The number of unbranched alkanes of at least 4 members (excludes halogenated alkanes) is 1. The van der Waals surface area contributed by atoms with Crippen LogP contribution in [0.15, 0.2) is 0 Å². The monoisotopic (exact) mass is 229 g/mol. The van der Waals surface area contributed by atoms with Crippen molar-refractivity contribution in [3.63, 3.8) is 0 Å². The van der Waals surface area contributed by atoms with Gasteiger partial charge in [0.15, 0.2) is 0 Å². The van der Waals surface area contributed by atoms with Crippen molar-refractivity contribution in [3.8, 4) is 0 Å². The van der Waals surface area contributed by atoms with Gasteiger partial charge in [0.2, 0.25) is 0 Å². The van der Waals surface area contributed by atoms with E-state index in [0.29, 0.717) is 0 Å². The largest absolute Gasteiger partial charge is 0.480 e. The third kappa shape index (κ3) is 6.29. The van der Waals surface area contributed by atoms with Crippen molar-refractivity contribution in [1.29, 1.82) is 0 Å². The second kappa shape index (κ2) is 5.92. The molecule has 0 aliphatic carbocycles. The highest BCUT2D eigenvalue weighted by Gasteiger charge is 2.37. The van der Waals surface area contributed by atoms with Gasteiger partial charge in [0.05, 0.1) is 0 Å². The van der Waals surface area contributed by atoms with E-state index < -0.39 is 30.7 Å². The molecule has 0 aromatic carbocycles. The molecule has 0 saturated heterocycles. The Balaban J connectivity index is 3.59. The third-order valence-electron chi connectivity index (χ3n) is 1.94. The Morgan fingerprint density at radius 1 is 1.27 bits per heavy atom. The van der Waals surface area contributed by atoms with Gasteiger partial charge in [-0.25, -0.2) is 0 Å². The molecule has 0 radical (unpaired) electrons. The number of carboxylic acids is 1. The van der Waals surface area contributed by atoms with Crippen molar-refractivity contribution in [1.82, 2.24) is 0 Å². The van der Waals surface area contributed by atoms with Crippen molar-refractivity contribution in [2.75, 3.05) is 0 Å². The molecule has 0 heterocycles.